The Morgan fingerprint density at radius 2 is 2.41 bits per heavy atom. The van der Waals surface area contributed by atoms with E-state index < -0.39 is 5.97 Å². The summed E-state index contributed by atoms with van der Waals surface area (Å²) < 4.78 is 6.77. The summed E-state index contributed by atoms with van der Waals surface area (Å²) in [4.78, 5) is 12.0. The Bertz CT molecular complexity index is 545. The third-order valence-corrected chi connectivity index (χ3v) is 3.62. The van der Waals surface area contributed by atoms with Crippen LogP contribution in [0.15, 0.2) is 27.8 Å². The number of furan rings is 1. The van der Waals surface area contributed by atoms with Crippen molar-refractivity contribution in [1.29, 1.82) is 0 Å². The molecule has 17 heavy (non-hydrogen) atoms. The Morgan fingerprint density at radius 1 is 1.65 bits per heavy atom. The van der Waals surface area contributed by atoms with Crippen LogP contribution in [-0.2, 0) is 12.8 Å². The summed E-state index contributed by atoms with van der Waals surface area (Å²) in [5, 5.41) is 13.0. The lowest BCUT2D eigenvalue weighted by Crippen LogP contribution is -2.03. The van der Waals surface area contributed by atoms with Crippen LogP contribution in [0.3, 0.4) is 0 Å². The molecule has 2 aromatic heterocycles. The van der Waals surface area contributed by atoms with E-state index in [4.69, 9.17) is 9.52 Å². The van der Waals surface area contributed by atoms with Gasteiger partial charge in [0.2, 0.25) is 0 Å². The summed E-state index contributed by atoms with van der Waals surface area (Å²) in [7, 11) is 1.74. The molecule has 0 saturated carbocycles. The van der Waals surface area contributed by atoms with Gasteiger partial charge in [0.25, 0.3) is 0 Å². The van der Waals surface area contributed by atoms with E-state index in [9.17, 15) is 4.79 Å². The molecule has 2 heterocycles. The van der Waals surface area contributed by atoms with Crippen molar-refractivity contribution in [3.05, 3.63) is 35.5 Å². The molecule has 0 saturated heterocycles. The summed E-state index contributed by atoms with van der Waals surface area (Å²) in [5.74, 6) is 0.449. The van der Waals surface area contributed by atoms with Crippen LogP contribution in [0.4, 0.5) is 0 Å². The standard InChI is InChI=1S/C11H12N2O3S/c1-7-10(3-4-16-7)17-6-9-8(11(14)15)5-12-13(9)2/h3-5H,6H2,1-2H3,(H,14,15). The van der Waals surface area contributed by atoms with Gasteiger partial charge in [-0.15, -0.1) is 11.8 Å². The number of carboxylic acid groups (broad SMARTS) is 1. The van der Waals surface area contributed by atoms with Crippen LogP contribution in [0, 0.1) is 6.92 Å². The van der Waals surface area contributed by atoms with Crippen LogP contribution in [0.5, 0.6) is 0 Å². The highest BCUT2D eigenvalue weighted by Crippen LogP contribution is 2.27. The van der Waals surface area contributed by atoms with E-state index in [1.54, 1.807) is 18.0 Å². The van der Waals surface area contributed by atoms with Crippen LogP contribution < -0.4 is 0 Å². The molecule has 0 fully saturated rings. The number of rotatable bonds is 4. The monoisotopic (exact) mass is 252 g/mol. The number of aromatic carboxylic acids is 1. The summed E-state index contributed by atoms with van der Waals surface area (Å²) in [6, 6.07) is 1.87. The van der Waals surface area contributed by atoms with Crippen LogP contribution in [0.2, 0.25) is 0 Å². The Labute approximate surface area is 102 Å². The number of nitrogens with zero attached hydrogens (tertiary/aromatic N) is 2. The SMILES string of the molecule is Cc1occc1SCc1c(C(=O)O)cnn1C. The third kappa shape index (κ3) is 2.36. The van der Waals surface area contributed by atoms with Crippen molar-refractivity contribution >= 4 is 17.7 Å². The first-order chi connectivity index (χ1) is 8.09. The maximum atomic E-state index is 11.0. The van der Waals surface area contributed by atoms with Gasteiger partial charge in [0, 0.05) is 17.7 Å². The lowest BCUT2D eigenvalue weighted by Gasteiger charge is -2.03. The second-order valence-corrected chi connectivity index (χ2v) is 4.58. The van der Waals surface area contributed by atoms with Gasteiger partial charge in [-0.2, -0.15) is 5.10 Å². The molecule has 0 bridgehead atoms. The molecule has 6 heteroatoms. The maximum absolute atomic E-state index is 11.0. The first-order valence-corrected chi connectivity index (χ1v) is 5.99. The summed E-state index contributed by atoms with van der Waals surface area (Å²) >= 11 is 1.54. The molecule has 2 aromatic rings. The summed E-state index contributed by atoms with van der Waals surface area (Å²) in [5.41, 5.74) is 0.948. The number of thioether (sulfide) groups is 1. The fourth-order valence-electron chi connectivity index (χ4n) is 1.48. The van der Waals surface area contributed by atoms with E-state index in [2.05, 4.69) is 5.10 Å². The molecular formula is C11H12N2O3S. The molecule has 0 atom stereocenters. The molecule has 0 aliphatic rings. The van der Waals surface area contributed by atoms with E-state index in [0.717, 1.165) is 10.7 Å². The van der Waals surface area contributed by atoms with Crippen LogP contribution >= 0.6 is 11.8 Å². The highest BCUT2D eigenvalue weighted by Gasteiger charge is 2.15. The topological polar surface area (TPSA) is 68.3 Å². The molecule has 0 aliphatic carbocycles. The van der Waals surface area contributed by atoms with Gasteiger partial charge in [-0.3, -0.25) is 4.68 Å². The first kappa shape index (κ1) is 11.8. The molecule has 0 spiro atoms. The summed E-state index contributed by atoms with van der Waals surface area (Å²) in [6.45, 7) is 1.88. The number of carboxylic acids is 1. The fourth-order valence-corrected chi connectivity index (χ4v) is 2.52. The Balaban J connectivity index is 2.16. The predicted molar refractivity (Wildman–Crippen MR) is 63.2 cm³/mol. The van der Waals surface area contributed by atoms with Crippen molar-refractivity contribution in [2.45, 2.75) is 17.6 Å². The molecule has 1 N–H and O–H groups in total. The predicted octanol–water partition coefficient (Wildman–Crippen LogP) is 2.31. The van der Waals surface area contributed by atoms with Crippen molar-refractivity contribution in [3.63, 3.8) is 0 Å². The van der Waals surface area contributed by atoms with Gasteiger partial charge in [0.15, 0.2) is 0 Å². The van der Waals surface area contributed by atoms with Crippen LogP contribution in [0.25, 0.3) is 0 Å². The van der Waals surface area contributed by atoms with Gasteiger partial charge < -0.3 is 9.52 Å². The van der Waals surface area contributed by atoms with Crippen molar-refractivity contribution in [2.24, 2.45) is 7.05 Å². The molecule has 0 aliphatic heterocycles. The van der Waals surface area contributed by atoms with Gasteiger partial charge in [-0.25, -0.2) is 4.79 Å². The van der Waals surface area contributed by atoms with Crippen molar-refractivity contribution in [1.82, 2.24) is 9.78 Å². The molecule has 0 radical (unpaired) electrons. The van der Waals surface area contributed by atoms with E-state index in [-0.39, 0.29) is 5.56 Å². The van der Waals surface area contributed by atoms with E-state index in [1.807, 2.05) is 13.0 Å². The normalized spacial score (nSPS) is 10.7. The van der Waals surface area contributed by atoms with Crippen molar-refractivity contribution in [3.8, 4) is 0 Å². The number of hydrogen-bond donors (Lipinski definition) is 1. The number of aromatic nitrogens is 2. The van der Waals surface area contributed by atoms with Gasteiger partial charge in [0.1, 0.15) is 11.3 Å². The zero-order valence-electron chi connectivity index (χ0n) is 9.51. The van der Waals surface area contributed by atoms with Crippen LogP contribution in [-0.4, -0.2) is 20.9 Å². The number of aryl methyl sites for hydroxylation is 2. The third-order valence-electron chi connectivity index (χ3n) is 2.47. The lowest BCUT2D eigenvalue weighted by atomic mass is 10.3. The molecule has 0 unspecified atom stereocenters. The highest BCUT2D eigenvalue weighted by atomic mass is 32.2. The maximum Gasteiger partial charge on any atom is 0.339 e. The molecule has 0 aromatic carbocycles. The minimum atomic E-state index is -0.947. The minimum Gasteiger partial charge on any atom is -0.478 e. The van der Waals surface area contributed by atoms with Crippen molar-refractivity contribution < 1.29 is 14.3 Å². The molecule has 5 nitrogen and oxygen atoms in total. The van der Waals surface area contributed by atoms with Crippen molar-refractivity contribution in [2.75, 3.05) is 0 Å². The van der Waals surface area contributed by atoms with Gasteiger partial charge >= 0.3 is 5.97 Å². The second kappa shape index (κ2) is 4.67. The highest BCUT2D eigenvalue weighted by molar-refractivity contribution is 7.98. The molecule has 2 rings (SSSR count). The average molecular weight is 252 g/mol. The zero-order chi connectivity index (χ0) is 12.4. The van der Waals surface area contributed by atoms with E-state index in [0.29, 0.717) is 11.4 Å². The van der Waals surface area contributed by atoms with Gasteiger partial charge in [-0.1, -0.05) is 0 Å². The smallest absolute Gasteiger partial charge is 0.339 e. The summed E-state index contributed by atoms with van der Waals surface area (Å²) in [6.07, 6.45) is 3.00. The van der Waals surface area contributed by atoms with E-state index in [1.165, 1.54) is 18.0 Å². The Kier molecular flexibility index (Phi) is 3.23. The first-order valence-electron chi connectivity index (χ1n) is 5.00. The Hall–Kier alpha value is -1.69. The largest absolute Gasteiger partial charge is 0.478 e. The second-order valence-electron chi connectivity index (χ2n) is 3.56. The zero-order valence-corrected chi connectivity index (χ0v) is 10.3. The van der Waals surface area contributed by atoms with Gasteiger partial charge in [0.05, 0.1) is 18.2 Å². The Morgan fingerprint density at radius 3 is 3.00 bits per heavy atom. The number of hydrogen-bond acceptors (Lipinski definition) is 4. The average Bonchev–Trinajstić information content (AvgIpc) is 2.82. The van der Waals surface area contributed by atoms with Crippen LogP contribution in [0.1, 0.15) is 21.8 Å². The number of carbonyl (C=O) groups is 1. The molecule has 0 amide bonds. The lowest BCUT2D eigenvalue weighted by molar-refractivity contribution is 0.0696. The minimum absolute atomic E-state index is 0.251. The molecule has 90 valence electrons. The molecular weight excluding hydrogens is 240 g/mol. The fraction of sp³-hybridized carbons (Fsp3) is 0.273. The van der Waals surface area contributed by atoms with E-state index >= 15 is 0 Å². The van der Waals surface area contributed by atoms with Gasteiger partial charge in [-0.05, 0) is 13.0 Å². The quantitative estimate of drug-likeness (QED) is 0.846.